The van der Waals surface area contributed by atoms with Gasteiger partial charge in [-0.1, -0.05) is 72.4 Å². The van der Waals surface area contributed by atoms with Gasteiger partial charge in [-0.05, 0) is 43.5 Å². The molecular weight excluding hydrogens is 407 g/mol. The Labute approximate surface area is 183 Å². The van der Waals surface area contributed by atoms with E-state index < -0.39 is 6.04 Å². The molecule has 0 fully saturated rings. The van der Waals surface area contributed by atoms with Gasteiger partial charge in [-0.3, -0.25) is 9.59 Å². The Kier molecular flexibility index (Phi) is 8.99. The standard InChI is InChI=1S/C23H28Cl2N2O2/c1-4-5-12-26-23(29)17(3)27(15-19-10-11-20(24)14-21(19)25)22(28)13-18-8-6-16(2)7-9-18/h6-11,14,17H,4-5,12-13,15H2,1-3H3,(H,26,29)/t17-/m0/s1. The van der Waals surface area contributed by atoms with Gasteiger partial charge in [0.25, 0.3) is 0 Å². The summed E-state index contributed by atoms with van der Waals surface area (Å²) in [5.41, 5.74) is 2.79. The predicted octanol–water partition coefficient (Wildman–Crippen LogP) is 5.18. The summed E-state index contributed by atoms with van der Waals surface area (Å²) in [5.74, 6) is -0.293. The molecule has 6 heteroatoms. The molecule has 4 nitrogen and oxygen atoms in total. The molecule has 0 saturated heterocycles. The zero-order valence-corrected chi connectivity index (χ0v) is 18.7. The minimum absolute atomic E-state index is 0.127. The van der Waals surface area contributed by atoms with E-state index >= 15 is 0 Å². The third-order valence-corrected chi connectivity index (χ3v) is 5.42. The van der Waals surface area contributed by atoms with Crippen LogP contribution in [0.1, 0.15) is 43.4 Å². The van der Waals surface area contributed by atoms with Crippen LogP contribution in [0.15, 0.2) is 42.5 Å². The van der Waals surface area contributed by atoms with Crippen LogP contribution in [0.5, 0.6) is 0 Å². The summed E-state index contributed by atoms with van der Waals surface area (Å²) in [7, 11) is 0. The zero-order valence-electron chi connectivity index (χ0n) is 17.2. The molecule has 2 rings (SSSR count). The highest BCUT2D eigenvalue weighted by Gasteiger charge is 2.26. The Morgan fingerprint density at radius 3 is 2.41 bits per heavy atom. The molecule has 0 aliphatic carbocycles. The lowest BCUT2D eigenvalue weighted by Crippen LogP contribution is -2.48. The van der Waals surface area contributed by atoms with Crippen LogP contribution in [0.2, 0.25) is 10.0 Å². The second kappa shape index (κ2) is 11.2. The number of hydrogen-bond donors (Lipinski definition) is 1. The molecule has 0 bridgehead atoms. The molecule has 1 N–H and O–H groups in total. The molecule has 0 spiro atoms. The molecule has 0 aliphatic heterocycles. The Bertz CT molecular complexity index is 837. The van der Waals surface area contributed by atoms with E-state index in [1.807, 2.05) is 31.2 Å². The van der Waals surface area contributed by atoms with Crippen LogP contribution >= 0.6 is 23.2 Å². The first-order valence-electron chi connectivity index (χ1n) is 9.88. The van der Waals surface area contributed by atoms with E-state index in [0.717, 1.165) is 29.5 Å². The van der Waals surface area contributed by atoms with Gasteiger partial charge in [-0.25, -0.2) is 0 Å². The summed E-state index contributed by atoms with van der Waals surface area (Å²) < 4.78 is 0. The second-order valence-electron chi connectivity index (χ2n) is 7.24. The highest BCUT2D eigenvalue weighted by atomic mass is 35.5. The second-order valence-corrected chi connectivity index (χ2v) is 8.08. The Hall–Kier alpha value is -2.04. The number of benzene rings is 2. The van der Waals surface area contributed by atoms with Crippen molar-refractivity contribution in [3.63, 3.8) is 0 Å². The van der Waals surface area contributed by atoms with Gasteiger partial charge in [0, 0.05) is 23.1 Å². The molecule has 0 saturated carbocycles. The van der Waals surface area contributed by atoms with Crippen molar-refractivity contribution >= 4 is 35.0 Å². The number of aryl methyl sites for hydroxylation is 1. The molecular formula is C23H28Cl2N2O2. The van der Waals surface area contributed by atoms with Crippen LogP contribution in [0.3, 0.4) is 0 Å². The van der Waals surface area contributed by atoms with Crippen molar-refractivity contribution in [1.82, 2.24) is 10.2 Å². The maximum absolute atomic E-state index is 13.1. The lowest BCUT2D eigenvalue weighted by molar-refractivity contribution is -0.140. The van der Waals surface area contributed by atoms with Crippen molar-refractivity contribution in [2.24, 2.45) is 0 Å². The lowest BCUT2D eigenvalue weighted by atomic mass is 10.1. The van der Waals surface area contributed by atoms with Crippen LogP contribution in [0.4, 0.5) is 0 Å². The van der Waals surface area contributed by atoms with E-state index in [9.17, 15) is 9.59 Å². The minimum atomic E-state index is -0.614. The maximum atomic E-state index is 13.1. The Morgan fingerprint density at radius 1 is 1.10 bits per heavy atom. The first-order chi connectivity index (χ1) is 13.8. The fourth-order valence-electron chi connectivity index (χ4n) is 2.93. The lowest BCUT2D eigenvalue weighted by Gasteiger charge is -2.29. The summed E-state index contributed by atoms with van der Waals surface area (Å²) in [4.78, 5) is 27.3. The minimum Gasteiger partial charge on any atom is -0.354 e. The number of amides is 2. The monoisotopic (exact) mass is 434 g/mol. The highest BCUT2D eigenvalue weighted by molar-refractivity contribution is 6.35. The summed E-state index contributed by atoms with van der Waals surface area (Å²) in [6.45, 7) is 6.65. The quantitative estimate of drug-likeness (QED) is 0.552. The summed E-state index contributed by atoms with van der Waals surface area (Å²) in [5, 5.41) is 3.92. The van der Waals surface area contributed by atoms with Gasteiger partial charge in [0.1, 0.15) is 6.04 Å². The first-order valence-corrected chi connectivity index (χ1v) is 10.6. The molecule has 2 amide bonds. The number of rotatable bonds is 9. The van der Waals surface area contributed by atoms with E-state index in [0.29, 0.717) is 16.6 Å². The van der Waals surface area contributed by atoms with Gasteiger partial charge in [0.05, 0.1) is 6.42 Å². The normalized spacial score (nSPS) is 11.8. The van der Waals surface area contributed by atoms with Gasteiger partial charge >= 0.3 is 0 Å². The molecule has 2 aromatic carbocycles. The summed E-state index contributed by atoms with van der Waals surface area (Å²) >= 11 is 12.3. The van der Waals surface area contributed by atoms with Gasteiger partial charge in [0.2, 0.25) is 11.8 Å². The molecule has 1 atom stereocenters. The van der Waals surface area contributed by atoms with Crippen molar-refractivity contribution in [2.75, 3.05) is 6.54 Å². The van der Waals surface area contributed by atoms with Crippen LogP contribution in [-0.2, 0) is 22.6 Å². The average Bonchev–Trinajstić information content (AvgIpc) is 2.68. The van der Waals surface area contributed by atoms with Crippen molar-refractivity contribution in [3.8, 4) is 0 Å². The molecule has 156 valence electrons. The van der Waals surface area contributed by atoms with Crippen LogP contribution in [0, 0.1) is 6.92 Å². The fraction of sp³-hybridized carbons (Fsp3) is 0.391. The van der Waals surface area contributed by atoms with Crippen molar-refractivity contribution in [3.05, 3.63) is 69.2 Å². The largest absolute Gasteiger partial charge is 0.354 e. The smallest absolute Gasteiger partial charge is 0.242 e. The van der Waals surface area contributed by atoms with E-state index in [4.69, 9.17) is 23.2 Å². The number of carbonyl (C=O) groups excluding carboxylic acids is 2. The number of hydrogen-bond acceptors (Lipinski definition) is 2. The first kappa shape index (κ1) is 23.2. The van der Waals surface area contributed by atoms with Crippen LogP contribution in [-0.4, -0.2) is 29.3 Å². The van der Waals surface area contributed by atoms with Crippen LogP contribution < -0.4 is 5.32 Å². The molecule has 0 radical (unpaired) electrons. The number of nitrogens with one attached hydrogen (secondary N) is 1. The number of halogens is 2. The van der Waals surface area contributed by atoms with Crippen molar-refractivity contribution in [2.45, 2.75) is 52.6 Å². The van der Waals surface area contributed by atoms with Gasteiger partial charge in [-0.2, -0.15) is 0 Å². The average molecular weight is 435 g/mol. The Balaban J connectivity index is 2.21. The third kappa shape index (κ3) is 7.06. The molecule has 2 aromatic rings. The zero-order chi connectivity index (χ0) is 21.4. The van der Waals surface area contributed by atoms with E-state index in [1.165, 1.54) is 0 Å². The molecule has 0 heterocycles. The molecule has 29 heavy (non-hydrogen) atoms. The van der Waals surface area contributed by atoms with Gasteiger partial charge in [0.15, 0.2) is 0 Å². The van der Waals surface area contributed by atoms with Crippen molar-refractivity contribution in [1.29, 1.82) is 0 Å². The van der Waals surface area contributed by atoms with E-state index in [2.05, 4.69) is 12.2 Å². The topological polar surface area (TPSA) is 49.4 Å². The summed E-state index contributed by atoms with van der Waals surface area (Å²) in [6, 6.07) is 12.4. The SMILES string of the molecule is CCCCNC(=O)[C@H](C)N(Cc1ccc(Cl)cc1Cl)C(=O)Cc1ccc(C)cc1. The van der Waals surface area contributed by atoms with Gasteiger partial charge in [-0.15, -0.1) is 0 Å². The Morgan fingerprint density at radius 2 is 1.79 bits per heavy atom. The maximum Gasteiger partial charge on any atom is 0.242 e. The van der Waals surface area contributed by atoms with E-state index in [-0.39, 0.29) is 24.8 Å². The predicted molar refractivity (Wildman–Crippen MR) is 119 cm³/mol. The van der Waals surface area contributed by atoms with E-state index in [1.54, 1.807) is 30.0 Å². The van der Waals surface area contributed by atoms with Gasteiger partial charge < -0.3 is 10.2 Å². The van der Waals surface area contributed by atoms with Crippen molar-refractivity contribution < 1.29 is 9.59 Å². The highest BCUT2D eigenvalue weighted by Crippen LogP contribution is 2.23. The third-order valence-electron chi connectivity index (χ3n) is 4.83. The molecule has 0 aromatic heterocycles. The number of carbonyl (C=O) groups is 2. The summed E-state index contributed by atoms with van der Waals surface area (Å²) in [6.07, 6.45) is 2.11. The van der Waals surface area contributed by atoms with Crippen LogP contribution in [0.25, 0.3) is 0 Å². The number of nitrogens with zero attached hydrogens (tertiary/aromatic N) is 1. The fourth-order valence-corrected chi connectivity index (χ4v) is 3.40. The molecule has 0 aliphatic rings. The molecule has 0 unspecified atom stereocenters. The number of unbranched alkanes of at least 4 members (excludes halogenated alkanes) is 1.